The molecule has 128 valence electrons. The van der Waals surface area contributed by atoms with E-state index in [-0.39, 0.29) is 12.5 Å². The number of anilines is 2. The van der Waals surface area contributed by atoms with E-state index in [0.717, 1.165) is 11.0 Å². The van der Waals surface area contributed by atoms with Gasteiger partial charge in [-0.3, -0.25) is 9.48 Å². The molecule has 3 aromatic heterocycles. The smallest absolute Gasteiger partial charge is 0.327 e. The van der Waals surface area contributed by atoms with Gasteiger partial charge in [0.25, 0.3) is 0 Å². The normalized spacial score (nSPS) is 10.6. The molecule has 0 radical (unpaired) electrons. The first-order chi connectivity index (χ1) is 12.2. The van der Waals surface area contributed by atoms with Crippen molar-refractivity contribution in [3.8, 4) is 6.07 Å². The van der Waals surface area contributed by atoms with Gasteiger partial charge in [-0.1, -0.05) is 0 Å². The average Bonchev–Trinajstić information content (AvgIpc) is 3.20. The molecule has 25 heavy (non-hydrogen) atoms. The number of esters is 1. The van der Waals surface area contributed by atoms with Crippen LogP contribution in [-0.2, 0) is 22.6 Å². The lowest BCUT2D eigenvalue weighted by atomic mass is 10.4. The summed E-state index contributed by atoms with van der Waals surface area (Å²) in [5.74, 6) is 0.0743. The summed E-state index contributed by atoms with van der Waals surface area (Å²) in [5, 5.41) is 16.8. The van der Waals surface area contributed by atoms with E-state index >= 15 is 0 Å². The zero-order valence-electron chi connectivity index (χ0n) is 13.7. The molecular weight excluding hydrogens is 322 g/mol. The van der Waals surface area contributed by atoms with Gasteiger partial charge in [0, 0.05) is 30.5 Å². The van der Waals surface area contributed by atoms with Crippen molar-refractivity contribution in [2.24, 2.45) is 0 Å². The van der Waals surface area contributed by atoms with E-state index in [1.807, 2.05) is 16.8 Å². The molecule has 3 heterocycles. The monoisotopic (exact) mass is 339 g/mol. The minimum Gasteiger partial charge on any atom is -0.465 e. The van der Waals surface area contributed by atoms with Crippen molar-refractivity contribution < 1.29 is 9.53 Å². The van der Waals surface area contributed by atoms with E-state index in [9.17, 15) is 4.79 Å². The maximum atomic E-state index is 11.5. The van der Waals surface area contributed by atoms with Crippen LogP contribution >= 0.6 is 0 Å². The molecule has 0 aliphatic carbocycles. The lowest BCUT2D eigenvalue weighted by Crippen LogP contribution is -2.13. The van der Waals surface area contributed by atoms with Crippen molar-refractivity contribution in [1.82, 2.24) is 24.3 Å². The van der Waals surface area contributed by atoms with Crippen molar-refractivity contribution in [1.29, 1.82) is 5.26 Å². The molecule has 0 aliphatic heterocycles. The van der Waals surface area contributed by atoms with E-state index in [2.05, 4.69) is 26.5 Å². The molecule has 1 N–H and O–H groups in total. The summed E-state index contributed by atoms with van der Waals surface area (Å²) in [5.41, 5.74) is 1.42. The van der Waals surface area contributed by atoms with Gasteiger partial charge in [0.1, 0.15) is 12.2 Å². The van der Waals surface area contributed by atoms with Crippen LogP contribution in [0.1, 0.15) is 13.3 Å². The highest BCUT2D eigenvalue weighted by Crippen LogP contribution is 2.17. The summed E-state index contributed by atoms with van der Waals surface area (Å²) in [6.45, 7) is 2.72. The first kappa shape index (κ1) is 16.4. The molecule has 0 bridgehead atoms. The summed E-state index contributed by atoms with van der Waals surface area (Å²) < 4.78 is 8.28. The molecule has 0 unspecified atom stereocenters. The van der Waals surface area contributed by atoms with E-state index in [1.165, 1.54) is 4.68 Å². The first-order valence-corrected chi connectivity index (χ1v) is 7.83. The number of rotatable bonds is 7. The second-order valence-electron chi connectivity index (χ2n) is 5.25. The molecule has 0 spiro atoms. The fourth-order valence-electron chi connectivity index (χ4n) is 2.36. The van der Waals surface area contributed by atoms with Gasteiger partial charge in [0.2, 0.25) is 5.95 Å². The van der Waals surface area contributed by atoms with Gasteiger partial charge in [0.05, 0.1) is 31.0 Å². The van der Waals surface area contributed by atoms with E-state index in [4.69, 9.17) is 10.00 Å². The Kier molecular flexibility index (Phi) is 4.89. The number of aryl methyl sites for hydroxylation is 1. The van der Waals surface area contributed by atoms with E-state index < -0.39 is 0 Å². The molecule has 0 atom stereocenters. The van der Waals surface area contributed by atoms with Gasteiger partial charge in [-0.25, -0.2) is 4.98 Å². The van der Waals surface area contributed by atoms with Crippen LogP contribution < -0.4 is 5.32 Å². The molecule has 3 rings (SSSR count). The average molecular weight is 339 g/mol. The number of carbonyl (C=O) groups is 1. The number of nitriles is 1. The Morgan fingerprint density at radius 3 is 3.12 bits per heavy atom. The maximum Gasteiger partial charge on any atom is 0.327 e. The largest absolute Gasteiger partial charge is 0.465 e. The number of nitrogens with one attached hydrogen (secondary N) is 1. The molecule has 0 amide bonds. The van der Waals surface area contributed by atoms with Gasteiger partial charge in [-0.2, -0.15) is 15.3 Å². The number of hydrogen-bond acceptors (Lipinski definition) is 7. The Hall–Kier alpha value is -3.41. The SMILES string of the molecule is CCOC(=O)Cn1cc(Nc2ncc3ccn(CCC#N)c3n2)cn1. The molecule has 3 aromatic rings. The topological polar surface area (TPSA) is 111 Å². The zero-order valence-corrected chi connectivity index (χ0v) is 13.7. The minimum atomic E-state index is -0.342. The van der Waals surface area contributed by atoms with Crippen LogP contribution in [0.2, 0.25) is 0 Å². The highest BCUT2D eigenvalue weighted by molar-refractivity contribution is 5.76. The van der Waals surface area contributed by atoms with Crippen LogP contribution in [0.4, 0.5) is 11.6 Å². The van der Waals surface area contributed by atoms with Crippen molar-refractivity contribution in [2.45, 2.75) is 26.4 Å². The Labute approximate surface area is 143 Å². The van der Waals surface area contributed by atoms with Gasteiger partial charge >= 0.3 is 5.97 Å². The minimum absolute atomic E-state index is 0.0480. The highest BCUT2D eigenvalue weighted by Gasteiger charge is 2.08. The summed E-state index contributed by atoms with van der Waals surface area (Å²) in [6, 6.07) is 4.03. The quantitative estimate of drug-likeness (QED) is 0.654. The molecule has 0 aliphatic rings. The predicted molar refractivity (Wildman–Crippen MR) is 89.9 cm³/mol. The summed E-state index contributed by atoms with van der Waals surface area (Å²) >= 11 is 0. The van der Waals surface area contributed by atoms with Crippen LogP contribution in [-0.4, -0.2) is 36.9 Å². The molecule has 0 saturated carbocycles. The molecule has 9 nitrogen and oxygen atoms in total. The number of carbonyl (C=O) groups excluding carboxylic acids is 1. The highest BCUT2D eigenvalue weighted by atomic mass is 16.5. The lowest BCUT2D eigenvalue weighted by Gasteiger charge is -2.04. The van der Waals surface area contributed by atoms with Crippen molar-refractivity contribution in [3.63, 3.8) is 0 Å². The molecule has 9 heteroatoms. The van der Waals surface area contributed by atoms with E-state index in [1.54, 1.807) is 25.5 Å². The lowest BCUT2D eigenvalue weighted by molar-refractivity contribution is -0.144. The third kappa shape index (κ3) is 3.92. The second kappa shape index (κ2) is 7.44. The first-order valence-electron chi connectivity index (χ1n) is 7.83. The van der Waals surface area contributed by atoms with Gasteiger partial charge in [-0.15, -0.1) is 0 Å². The Bertz CT molecular complexity index is 922. The van der Waals surface area contributed by atoms with Crippen molar-refractivity contribution in [2.75, 3.05) is 11.9 Å². The number of aromatic nitrogens is 5. The Morgan fingerprint density at radius 1 is 1.44 bits per heavy atom. The fourth-order valence-corrected chi connectivity index (χ4v) is 2.36. The number of ether oxygens (including phenoxy) is 1. The fraction of sp³-hybridized carbons (Fsp3) is 0.312. The second-order valence-corrected chi connectivity index (χ2v) is 5.25. The Balaban J connectivity index is 1.73. The van der Waals surface area contributed by atoms with E-state index in [0.29, 0.717) is 31.2 Å². The molecule has 0 aromatic carbocycles. The van der Waals surface area contributed by atoms with Crippen molar-refractivity contribution in [3.05, 3.63) is 30.9 Å². The summed E-state index contributed by atoms with van der Waals surface area (Å²) in [7, 11) is 0. The molecule has 0 fully saturated rings. The van der Waals surface area contributed by atoms with Gasteiger partial charge in [-0.05, 0) is 13.0 Å². The van der Waals surface area contributed by atoms with Crippen LogP contribution in [0.15, 0.2) is 30.9 Å². The maximum absolute atomic E-state index is 11.5. The predicted octanol–water partition coefficient (Wildman–Crippen LogP) is 1.85. The number of fused-ring (bicyclic) bond motifs is 1. The van der Waals surface area contributed by atoms with Crippen LogP contribution in [0, 0.1) is 11.3 Å². The summed E-state index contributed by atoms with van der Waals surface area (Å²) in [6.07, 6.45) is 7.28. The van der Waals surface area contributed by atoms with Gasteiger partial charge in [0.15, 0.2) is 0 Å². The zero-order chi connectivity index (χ0) is 17.6. The standard InChI is InChI=1S/C16H17N7O2/c1-2-25-14(24)11-23-10-13(9-19-23)20-16-18-8-12-4-7-22(6-3-5-17)15(12)21-16/h4,7-10H,2-3,6,11H2,1H3,(H,18,20,21). The molecule has 0 saturated heterocycles. The number of nitrogens with zero attached hydrogens (tertiary/aromatic N) is 6. The van der Waals surface area contributed by atoms with Crippen LogP contribution in [0.25, 0.3) is 11.0 Å². The van der Waals surface area contributed by atoms with Crippen LogP contribution in [0.3, 0.4) is 0 Å². The van der Waals surface area contributed by atoms with Gasteiger partial charge < -0.3 is 14.6 Å². The number of hydrogen-bond donors (Lipinski definition) is 1. The summed E-state index contributed by atoms with van der Waals surface area (Å²) in [4.78, 5) is 20.2. The third-order valence-corrected chi connectivity index (χ3v) is 3.45. The van der Waals surface area contributed by atoms with Crippen molar-refractivity contribution >= 4 is 28.6 Å². The van der Waals surface area contributed by atoms with Crippen LogP contribution in [0.5, 0.6) is 0 Å². The Morgan fingerprint density at radius 2 is 2.32 bits per heavy atom. The third-order valence-electron chi connectivity index (χ3n) is 3.45. The molecular formula is C16H17N7O2.